The van der Waals surface area contributed by atoms with Crippen LogP contribution in [-0.4, -0.2) is 17.7 Å². The molecule has 0 aromatic heterocycles. The lowest BCUT2D eigenvalue weighted by molar-refractivity contribution is -0.116. The summed E-state index contributed by atoms with van der Waals surface area (Å²) in [6.45, 7) is 3.35. The summed E-state index contributed by atoms with van der Waals surface area (Å²) in [5.74, 6) is -0.170. The third kappa shape index (κ3) is 1.25. The second kappa shape index (κ2) is 2.92. The highest BCUT2D eigenvalue weighted by atomic mass is 16.5. The molecule has 0 bridgehead atoms. The van der Waals surface area contributed by atoms with Crippen LogP contribution in [0.5, 0.6) is 0 Å². The zero-order valence-electron chi connectivity index (χ0n) is 7.24. The molecule has 2 rings (SSSR count). The average Bonchev–Trinajstić information content (AvgIpc) is 2.12. The SMILES string of the molecule is CC1O[CH]CC2=C1C(=O)C=CC2=O. The minimum absolute atomic E-state index is 0.0685. The van der Waals surface area contributed by atoms with Gasteiger partial charge in [0.2, 0.25) is 0 Å². The van der Waals surface area contributed by atoms with Crippen molar-refractivity contribution >= 4 is 11.6 Å². The molecule has 0 fully saturated rings. The Morgan fingerprint density at radius 2 is 2.00 bits per heavy atom. The number of hydrogen-bond acceptors (Lipinski definition) is 3. The number of hydrogen-bond donors (Lipinski definition) is 0. The van der Waals surface area contributed by atoms with Gasteiger partial charge in [0.25, 0.3) is 0 Å². The Bertz CT molecular complexity index is 336. The van der Waals surface area contributed by atoms with Crippen molar-refractivity contribution in [1.29, 1.82) is 0 Å². The van der Waals surface area contributed by atoms with Crippen molar-refractivity contribution in [1.82, 2.24) is 0 Å². The highest BCUT2D eigenvalue weighted by Gasteiger charge is 2.30. The molecule has 3 heteroatoms. The van der Waals surface area contributed by atoms with Crippen LogP contribution in [0, 0.1) is 6.61 Å². The van der Waals surface area contributed by atoms with Crippen LogP contribution < -0.4 is 0 Å². The molecular formula is C10H9O3. The molecule has 0 aromatic carbocycles. The van der Waals surface area contributed by atoms with Crippen LogP contribution in [0.3, 0.4) is 0 Å². The molecule has 1 radical (unpaired) electrons. The standard InChI is InChI=1S/C10H9O3/c1-6-10-7(4-5-13-6)8(11)2-3-9(10)12/h2-3,5-6H,4H2,1H3. The Hall–Kier alpha value is -1.22. The van der Waals surface area contributed by atoms with Crippen molar-refractivity contribution in [2.75, 3.05) is 0 Å². The Kier molecular flexibility index (Phi) is 1.88. The van der Waals surface area contributed by atoms with E-state index in [0.29, 0.717) is 17.6 Å². The van der Waals surface area contributed by atoms with Crippen LogP contribution in [-0.2, 0) is 14.3 Å². The molecule has 1 aliphatic heterocycles. The number of carbonyl (C=O) groups excluding carboxylic acids is 2. The summed E-state index contributed by atoms with van der Waals surface area (Å²) in [7, 11) is 0. The van der Waals surface area contributed by atoms with Gasteiger partial charge in [0.15, 0.2) is 11.6 Å². The lowest BCUT2D eigenvalue weighted by atomic mass is 9.88. The largest absolute Gasteiger partial charge is 0.367 e. The maximum Gasteiger partial charge on any atom is 0.184 e. The molecule has 1 unspecified atom stereocenters. The van der Waals surface area contributed by atoms with Crippen molar-refractivity contribution in [3.05, 3.63) is 29.9 Å². The molecule has 1 heterocycles. The predicted octanol–water partition coefficient (Wildman–Crippen LogP) is 0.962. The number of ether oxygens (including phenoxy) is 1. The van der Waals surface area contributed by atoms with Gasteiger partial charge in [0.1, 0.15) is 0 Å². The van der Waals surface area contributed by atoms with Crippen molar-refractivity contribution in [2.45, 2.75) is 19.4 Å². The Morgan fingerprint density at radius 1 is 1.31 bits per heavy atom. The van der Waals surface area contributed by atoms with Crippen molar-refractivity contribution in [2.24, 2.45) is 0 Å². The van der Waals surface area contributed by atoms with Crippen LogP contribution in [0.4, 0.5) is 0 Å². The molecule has 0 spiro atoms. The second-order valence-electron chi connectivity index (χ2n) is 3.10. The molecule has 3 nitrogen and oxygen atoms in total. The van der Waals surface area contributed by atoms with Crippen molar-refractivity contribution < 1.29 is 14.3 Å². The third-order valence-electron chi connectivity index (χ3n) is 2.27. The first-order chi connectivity index (χ1) is 6.20. The molecule has 0 N–H and O–H groups in total. The average molecular weight is 177 g/mol. The third-order valence-corrected chi connectivity index (χ3v) is 2.27. The van der Waals surface area contributed by atoms with Gasteiger partial charge in [-0.1, -0.05) is 0 Å². The number of rotatable bonds is 0. The van der Waals surface area contributed by atoms with Crippen molar-refractivity contribution in [3.63, 3.8) is 0 Å². The molecule has 1 atom stereocenters. The number of carbonyl (C=O) groups is 2. The minimum Gasteiger partial charge on any atom is -0.367 e. The summed E-state index contributed by atoms with van der Waals surface area (Å²) < 4.78 is 5.18. The first-order valence-corrected chi connectivity index (χ1v) is 4.17. The van der Waals surface area contributed by atoms with Gasteiger partial charge in [0.05, 0.1) is 12.7 Å². The van der Waals surface area contributed by atoms with E-state index in [-0.39, 0.29) is 17.7 Å². The Labute approximate surface area is 76.1 Å². The zero-order valence-corrected chi connectivity index (χ0v) is 7.24. The monoisotopic (exact) mass is 177 g/mol. The highest BCUT2D eigenvalue weighted by Crippen LogP contribution is 2.27. The fraction of sp³-hybridized carbons (Fsp3) is 0.300. The first kappa shape index (κ1) is 8.38. The molecule has 0 aromatic rings. The fourth-order valence-corrected chi connectivity index (χ4v) is 1.62. The predicted molar refractivity (Wildman–Crippen MR) is 45.6 cm³/mol. The van der Waals surface area contributed by atoms with E-state index < -0.39 is 0 Å². The smallest absolute Gasteiger partial charge is 0.184 e. The molecule has 0 saturated heterocycles. The lowest BCUT2D eigenvalue weighted by Gasteiger charge is -2.25. The molecule has 1 aliphatic carbocycles. The van der Waals surface area contributed by atoms with E-state index in [9.17, 15) is 9.59 Å². The van der Waals surface area contributed by atoms with Gasteiger partial charge in [-0.25, -0.2) is 0 Å². The highest BCUT2D eigenvalue weighted by molar-refractivity contribution is 6.20. The first-order valence-electron chi connectivity index (χ1n) is 4.17. The van der Waals surface area contributed by atoms with E-state index in [1.807, 2.05) is 0 Å². The molecule has 0 amide bonds. The van der Waals surface area contributed by atoms with Crippen LogP contribution >= 0.6 is 0 Å². The van der Waals surface area contributed by atoms with Gasteiger partial charge in [-0.05, 0) is 19.1 Å². The molecule has 67 valence electrons. The Morgan fingerprint density at radius 3 is 2.69 bits per heavy atom. The summed E-state index contributed by atoms with van der Waals surface area (Å²) in [6.07, 6.45) is 2.79. The summed E-state index contributed by atoms with van der Waals surface area (Å²) >= 11 is 0. The minimum atomic E-state index is -0.287. The van der Waals surface area contributed by atoms with Crippen LogP contribution in [0.15, 0.2) is 23.3 Å². The molecular weight excluding hydrogens is 168 g/mol. The van der Waals surface area contributed by atoms with Gasteiger partial charge in [-0.3, -0.25) is 9.59 Å². The van der Waals surface area contributed by atoms with Crippen molar-refractivity contribution in [3.8, 4) is 0 Å². The summed E-state index contributed by atoms with van der Waals surface area (Å²) in [4.78, 5) is 22.7. The lowest BCUT2D eigenvalue weighted by Crippen LogP contribution is -2.27. The van der Waals surface area contributed by atoms with Crippen LogP contribution in [0.25, 0.3) is 0 Å². The van der Waals surface area contributed by atoms with E-state index in [4.69, 9.17) is 4.74 Å². The number of allylic oxidation sites excluding steroid dienone is 2. The van der Waals surface area contributed by atoms with Crippen LogP contribution in [0.2, 0.25) is 0 Å². The van der Waals surface area contributed by atoms with Gasteiger partial charge in [-0.2, -0.15) is 0 Å². The van der Waals surface area contributed by atoms with Gasteiger partial charge >= 0.3 is 0 Å². The van der Waals surface area contributed by atoms with Gasteiger partial charge in [0, 0.05) is 17.6 Å². The van der Waals surface area contributed by atoms with E-state index in [1.165, 1.54) is 12.2 Å². The normalized spacial score (nSPS) is 27.9. The maximum absolute atomic E-state index is 11.4. The Balaban J connectivity index is 2.48. The van der Waals surface area contributed by atoms with Crippen LogP contribution in [0.1, 0.15) is 13.3 Å². The summed E-state index contributed by atoms with van der Waals surface area (Å²) in [5, 5.41) is 0. The van der Waals surface area contributed by atoms with E-state index >= 15 is 0 Å². The van der Waals surface area contributed by atoms with E-state index in [2.05, 4.69) is 0 Å². The zero-order chi connectivity index (χ0) is 9.42. The maximum atomic E-state index is 11.4. The van der Waals surface area contributed by atoms with E-state index in [0.717, 1.165) is 0 Å². The molecule has 2 aliphatic rings. The van der Waals surface area contributed by atoms with E-state index in [1.54, 1.807) is 13.5 Å². The fourth-order valence-electron chi connectivity index (χ4n) is 1.62. The quantitative estimate of drug-likeness (QED) is 0.517. The van der Waals surface area contributed by atoms with Gasteiger partial charge in [-0.15, -0.1) is 0 Å². The molecule has 0 saturated carbocycles. The molecule has 13 heavy (non-hydrogen) atoms. The number of ketones is 2. The second-order valence-corrected chi connectivity index (χ2v) is 3.10. The summed E-state index contributed by atoms with van der Waals surface area (Å²) in [6, 6.07) is 0. The summed E-state index contributed by atoms with van der Waals surface area (Å²) in [5.41, 5.74) is 1.11. The topological polar surface area (TPSA) is 43.4 Å². The van der Waals surface area contributed by atoms with Gasteiger partial charge < -0.3 is 4.74 Å².